The van der Waals surface area contributed by atoms with Crippen LogP contribution in [0.3, 0.4) is 0 Å². The number of rotatable bonds is 4. The summed E-state index contributed by atoms with van der Waals surface area (Å²) >= 11 is 1.73. The number of hydrogen-bond acceptors (Lipinski definition) is 5. The second kappa shape index (κ2) is 6.45. The van der Waals surface area contributed by atoms with Gasteiger partial charge in [-0.25, -0.2) is 4.98 Å². The van der Waals surface area contributed by atoms with Gasteiger partial charge in [-0.05, 0) is 20.8 Å². The van der Waals surface area contributed by atoms with E-state index < -0.39 is 0 Å². The van der Waals surface area contributed by atoms with Crippen LogP contribution in [0.4, 0.5) is 0 Å². The van der Waals surface area contributed by atoms with Crippen molar-refractivity contribution in [3.05, 3.63) is 15.6 Å². The Bertz CT molecular complexity index is 446. The maximum Gasteiger partial charge on any atom is 0.238 e. The normalized spacial score (nSPS) is 20.5. The van der Waals surface area contributed by atoms with Gasteiger partial charge in [-0.1, -0.05) is 0 Å². The maximum absolute atomic E-state index is 12.1. The van der Waals surface area contributed by atoms with Gasteiger partial charge in [0.25, 0.3) is 0 Å². The van der Waals surface area contributed by atoms with Crippen molar-refractivity contribution < 1.29 is 4.79 Å². The minimum Gasteiger partial charge on any atom is -0.355 e. The number of hydrogen-bond donors (Lipinski definition) is 2. The van der Waals surface area contributed by atoms with Crippen LogP contribution in [0.1, 0.15) is 22.5 Å². The van der Waals surface area contributed by atoms with Crippen LogP contribution in [0.5, 0.6) is 0 Å². The van der Waals surface area contributed by atoms with E-state index in [1.54, 1.807) is 11.3 Å². The predicted octanol–water partition coefficient (Wildman–Crippen LogP) is 0.670. The van der Waals surface area contributed by atoms with Crippen LogP contribution in [-0.2, 0) is 11.3 Å². The lowest BCUT2D eigenvalue weighted by molar-refractivity contribution is -0.127. The second-order valence-electron chi connectivity index (χ2n) is 4.83. The molecule has 2 rings (SSSR count). The van der Waals surface area contributed by atoms with Gasteiger partial charge in [-0.2, -0.15) is 0 Å². The van der Waals surface area contributed by atoms with Crippen LogP contribution in [0.25, 0.3) is 0 Å². The highest BCUT2D eigenvalue weighted by Crippen LogP contribution is 2.20. The van der Waals surface area contributed by atoms with Crippen molar-refractivity contribution in [1.29, 1.82) is 0 Å². The standard InChI is InChI=1S/C13H22N4OS/c1-4-15-13(18)11-7-14-5-6-17(11)8-12-9(2)16-10(3)19-12/h11,14H,4-8H2,1-3H3,(H,15,18). The molecule has 0 aromatic carbocycles. The minimum atomic E-state index is -0.0736. The lowest BCUT2D eigenvalue weighted by atomic mass is 10.1. The van der Waals surface area contributed by atoms with Crippen molar-refractivity contribution in [3.63, 3.8) is 0 Å². The van der Waals surface area contributed by atoms with Crippen LogP contribution < -0.4 is 10.6 Å². The number of nitrogens with zero attached hydrogens (tertiary/aromatic N) is 2. The number of aryl methyl sites for hydroxylation is 2. The summed E-state index contributed by atoms with van der Waals surface area (Å²) < 4.78 is 0. The van der Waals surface area contributed by atoms with E-state index in [0.29, 0.717) is 6.54 Å². The zero-order valence-corrected chi connectivity index (χ0v) is 12.6. The monoisotopic (exact) mass is 282 g/mol. The van der Waals surface area contributed by atoms with Crippen molar-refractivity contribution in [1.82, 2.24) is 20.5 Å². The summed E-state index contributed by atoms with van der Waals surface area (Å²) in [6.07, 6.45) is 0. The van der Waals surface area contributed by atoms with E-state index >= 15 is 0 Å². The number of likely N-dealkylation sites (N-methyl/N-ethyl adjacent to an activating group) is 1. The number of piperazine rings is 1. The Morgan fingerprint density at radius 2 is 2.37 bits per heavy atom. The number of amides is 1. The summed E-state index contributed by atoms with van der Waals surface area (Å²) in [5.41, 5.74) is 1.09. The largest absolute Gasteiger partial charge is 0.355 e. The molecular formula is C13H22N4OS. The minimum absolute atomic E-state index is 0.0736. The highest BCUT2D eigenvalue weighted by atomic mass is 32.1. The molecule has 1 saturated heterocycles. The van der Waals surface area contributed by atoms with Crippen LogP contribution in [0, 0.1) is 13.8 Å². The lowest BCUT2D eigenvalue weighted by Gasteiger charge is -2.34. The first-order valence-electron chi connectivity index (χ1n) is 6.77. The fraction of sp³-hybridized carbons (Fsp3) is 0.692. The summed E-state index contributed by atoms with van der Waals surface area (Å²) in [5.74, 6) is 0.119. The molecule has 0 radical (unpaired) electrons. The molecule has 19 heavy (non-hydrogen) atoms. The van der Waals surface area contributed by atoms with Crippen LogP contribution in [-0.4, -0.2) is 48.0 Å². The van der Waals surface area contributed by atoms with Gasteiger partial charge in [0.05, 0.1) is 10.7 Å². The third-order valence-corrected chi connectivity index (χ3v) is 4.41. The summed E-state index contributed by atoms with van der Waals surface area (Å²) in [7, 11) is 0. The van der Waals surface area contributed by atoms with Crippen molar-refractivity contribution in [2.45, 2.75) is 33.4 Å². The Labute approximate surface area is 118 Å². The van der Waals surface area contributed by atoms with E-state index in [-0.39, 0.29) is 11.9 Å². The Kier molecular flexibility index (Phi) is 4.90. The molecule has 1 aromatic rings. The van der Waals surface area contributed by atoms with E-state index in [1.165, 1.54) is 4.88 Å². The second-order valence-corrected chi connectivity index (χ2v) is 6.11. The Hall–Kier alpha value is -0.980. The third-order valence-electron chi connectivity index (χ3n) is 3.35. The molecule has 1 aromatic heterocycles. The summed E-state index contributed by atoms with van der Waals surface area (Å²) in [4.78, 5) is 20.1. The molecule has 1 fully saturated rings. The highest BCUT2D eigenvalue weighted by molar-refractivity contribution is 7.11. The molecule has 5 nitrogen and oxygen atoms in total. The van der Waals surface area contributed by atoms with Gasteiger partial charge in [0.15, 0.2) is 0 Å². The summed E-state index contributed by atoms with van der Waals surface area (Å²) in [5, 5.41) is 7.31. The predicted molar refractivity (Wildman–Crippen MR) is 77.3 cm³/mol. The number of thiazole rings is 1. The number of aromatic nitrogens is 1. The van der Waals surface area contributed by atoms with E-state index in [1.807, 2.05) is 20.8 Å². The molecule has 0 saturated carbocycles. The quantitative estimate of drug-likeness (QED) is 0.852. The smallest absolute Gasteiger partial charge is 0.238 e. The Morgan fingerprint density at radius 1 is 1.58 bits per heavy atom. The fourth-order valence-electron chi connectivity index (χ4n) is 2.39. The van der Waals surface area contributed by atoms with E-state index in [9.17, 15) is 4.79 Å². The number of nitrogens with one attached hydrogen (secondary N) is 2. The average molecular weight is 282 g/mol. The SMILES string of the molecule is CCNC(=O)C1CNCCN1Cc1sc(C)nc1C. The molecule has 0 bridgehead atoms. The van der Waals surface area contributed by atoms with Crippen LogP contribution >= 0.6 is 11.3 Å². The van der Waals surface area contributed by atoms with E-state index in [4.69, 9.17) is 0 Å². The summed E-state index contributed by atoms with van der Waals surface area (Å²) in [6, 6.07) is -0.0736. The van der Waals surface area contributed by atoms with E-state index in [0.717, 1.165) is 36.9 Å². The van der Waals surface area contributed by atoms with Crippen LogP contribution in [0.2, 0.25) is 0 Å². The van der Waals surface area contributed by atoms with E-state index in [2.05, 4.69) is 20.5 Å². The van der Waals surface area contributed by atoms with Gasteiger partial charge in [-0.3, -0.25) is 9.69 Å². The first-order chi connectivity index (χ1) is 9.11. The maximum atomic E-state index is 12.1. The topological polar surface area (TPSA) is 57.3 Å². The first kappa shape index (κ1) is 14.4. The van der Waals surface area contributed by atoms with Gasteiger partial charge in [0.2, 0.25) is 5.91 Å². The molecule has 0 spiro atoms. The lowest BCUT2D eigenvalue weighted by Crippen LogP contribution is -2.57. The van der Waals surface area contributed by atoms with Crippen molar-refractivity contribution in [2.24, 2.45) is 0 Å². The van der Waals surface area contributed by atoms with Gasteiger partial charge in [0.1, 0.15) is 6.04 Å². The van der Waals surface area contributed by atoms with Crippen LogP contribution in [0.15, 0.2) is 0 Å². The molecule has 1 amide bonds. The first-order valence-corrected chi connectivity index (χ1v) is 7.58. The van der Waals surface area contributed by atoms with Gasteiger partial charge >= 0.3 is 0 Å². The number of carbonyl (C=O) groups is 1. The molecule has 1 aliphatic rings. The van der Waals surface area contributed by atoms with Crippen molar-refractivity contribution >= 4 is 17.2 Å². The fourth-order valence-corrected chi connectivity index (χ4v) is 3.35. The van der Waals surface area contributed by atoms with Gasteiger partial charge in [0, 0.05) is 37.6 Å². The number of carbonyl (C=O) groups excluding carboxylic acids is 1. The molecule has 0 aliphatic carbocycles. The average Bonchev–Trinajstić information content (AvgIpc) is 2.69. The molecule has 6 heteroatoms. The third kappa shape index (κ3) is 3.52. The molecule has 1 aliphatic heterocycles. The highest BCUT2D eigenvalue weighted by Gasteiger charge is 2.28. The van der Waals surface area contributed by atoms with Gasteiger partial charge in [-0.15, -0.1) is 11.3 Å². The molecule has 1 atom stereocenters. The molecular weight excluding hydrogens is 260 g/mol. The Morgan fingerprint density at radius 3 is 3.00 bits per heavy atom. The zero-order chi connectivity index (χ0) is 13.8. The van der Waals surface area contributed by atoms with Crippen molar-refractivity contribution in [3.8, 4) is 0 Å². The molecule has 2 heterocycles. The Balaban J connectivity index is 2.07. The molecule has 2 N–H and O–H groups in total. The van der Waals surface area contributed by atoms with Crippen molar-refractivity contribution in [2.75, 3.05) is 26.2 Å². The molecule has 106 valence electrons. The molecule has 1 unspecified atom stereocenters. The van der Waals surface area contributed by atoms with Gasteiger partial charge < -0.3 is 10.6 Å². The summed E-state index contributed by atoms with van der Waals surface area (Å²) in [6.45, 7) is 10.1. The zero-order valence-electron chi connectivity index (χ0n) is 11.8.